The van der Waals surface area contributed by atoms with Crippen molar-refractivity contribution in [2.45, 2.75) is 83.7 Å². The first kappa shape index (κ1) is 24.6. The molecule has 1 aliphatic rings. The largest absolute Gasteiger partial charge is 0.491 e. The van der Waals surface area contributed by atoms with Gasteiger partial charge in [0.25, 0.3) is 0 Å². The molecule has 0 saturated carbocycles. The zero-order valence-corrected chi connectivity index (χ0v) is 19.3. The average molecular weight is 449 g/mol. The molecule has 0 aliphatic carbocycles. The van der Waals surface area contributed by atoms with Gasteiger partial charge in [0, 0.05) is 11.5 Å². The summed E-state index contributed by atoms with van der Waals surface area (Å²) in [4.78, 5) is 0. The minimum Gasteiger partial charge on any atom is -0.491 e. The molecule has 2 nitrogen and oxygen atoms in total. The molecule has 0 N–H and O–H groups in total. The van der Waals surface area contributed by atoms with E-state index in [1.807, 2.05) is 6.92 Å². The van der Waals surface area contributed by atoms with E-state index >= 15 is 0 Å². The van der Waals surface area contributed by atoms with E-state index in [2.05, 4.69) is 6.92 Å². The Hall–Kier alpha value is -2.01. The first-order valence-electron chi connectivity index (χ1n) is 12.1. The number of benzene rings is 2. The van der Waals surface area contributed by atoms with Crippen LogP contribution in [0.4, 0.5) is 13.2 Å². The zero-order chi connectivity index (χ0) is 22.9. The topological polar surface area (TPSA) is 18.5 Å². The molecule has 2 atom stereocenters. The highest BCUT2D eigenvalue weighted by molar-refractivity contribution is 5.66. The van der Waals surface area contributed by atoms with Gasteiger partial charge in [-0.25, -0.2) is 13.2 Å². The van der Waals surface area contributed by atoms with Crippen LogP contribution >= 0.6 is 0 Å². The smallest absolute Gasteiger partial charge is 0.166 e. The van der Waals surface area contributed by atoms with Crippen molar-refractivity contribution in [1.29, 1.82) is 0 Å². The van der Waals surface area contributed by atoms with Gasteiger partial charge in [0.05, 0.1) is 19.3 Å². The van der Waals surface area contributed by atoms with Crippen LogP contribution in [-0.2, 0) is 4.74 Å². The Kier molecular flexibility index (Phi) is 9.46. The third kappa shape index (κ3) is 6.28. The third-order valence-corrected chi connectivity index (χ3v) is 6.26. The molecule has 0 radical (unpaired) electrons. The number of hydrogen-bond acceptors (Lipinski definition) is 2. The zero-order valence-electron chi connectivity index (χ0n) is 19.3. The van der Waals surface area contributed by atoms with Crippen LogP contribution in [0.5, 0.6) is 5.75 Å². The lowest BCUT2D eigenvalue weighted by Gasteiger charge is -2.30. The van der Waals surface area contributed by atoms with Crippen molar-refractivity contribution in [2.24, 2.45) is 0 Å². The molecular weight excluding hydrogens is 413 g/mol. The molecule has 3 rings (SSSR count). The van der Waals surface area contributed by atoms with Crippen LogP contribution in [0, 0.1) is 17.5 Å². The standard InChI is InChI=1S/C27H35F3O2/c1-3-5-6-7-8-9-21-12-10-20(18-32-21)23-14-13-22(26(29)27(23)30)19-11-15-25(24(28)17-19)31-16-4-2/h11,13-15,17,20-21H,3-10,12,16,18H2,1-2H3. The van der Waals surface area contributed by atoms with E-state index in [4.69, 9.17) is 9.47 Å². The van der Waals surface area contributed by atoms with Crippen molar-refractivity contribution in [1.82, 2.24) is 0 Å². The average Bonchev–Trinajstić information content (AvgIpc) is 2.80. The Morgan fingerprint density at radius 3 is 2.41 bits per heavy atom. The molecule has 5 heteroatoms. The molecule has 176 valence electrons. The first-order chi connectivity index (χ1) is 15.5. The van der Waals surface area contributed by atoms with Crippen molar-refractivity contribution in [2.75, 3.05) is 13.2 Å². The lowest BCUT2D eigenvalue weighted by Crippen LogP contribution is -2.25. The number of unbranched alkanes of at least 4 members (excludes halogenated alkanes) is 4. The highest BCUT2D eigenvalue weighted by atomic mass is 19.2. The van der Waals surface area contributed by atoms with E-state index in [0.29, 0.717) is 18.8 Å². The van der Waals surface area contributed by atoms with E-state index in [0.717, 1.165) is 32.1 Å². The summed E-state index contributed by atoms with van der Waals surface area (Å²) in [6.45, 7) is 4.94. The number of halogens is 3. The van der Waals surface area contributed by atoms with Gasteiger partial charge in [-0.05, 0) is 48.9 Å². The molecule has 32 heavy (non-hydrogen) atoms. The number of rotatable bonds is 11. The summed E-state index contributed by atoms with van der Waals surface area (Å²) in [5.41, 5.74) is 0.683. The maximum absolute atomic E-state index is 14.9. The second kappa shape index (κ2) is 12.3. The van der Waals surface area contributed by atoms with Gasteiger partial charge in [0.1, 0.15) is 0 Å². The van der Waals surface area contributed by atoms with Crippen LogP contribution in [0.2, 0.25) is 0 Å². The van der Waals surface area contributed by atoms with Gasteiger partial charge >= 0.3 is 0 Å². The first-order valence-corrected chi connectivity index (χ1v) is 12.1. The van der Waals surface area contributed by atoms with Crippen molar-refractivity contribution < 1.29 is 22.6 Å². The Balaban J connectivity index is 1.62. The molecule has 0 aromatic heterocycles. The van der Waals surface area contributed by atoms with Gasteiger partial charge in [-0.2, -0.15) is 0 Å². The summed E-state index contributed by atoms with van der Waals surface area (Å²) in [5.74, 6) is -2.42. The molecule has 0 bridgehead atoms. The van der Waals surface area contributed by atoms with Crippen LogP contribution in [0.3, 0.4) is 0 Å². The molecule has 1 fully saturated rings. The molecule has 1 aliphatic heterocycles. The molecule has 0 amide bonds. The normalized spacial score (nSPS) is 18.7. The third-order valence-electron chi connectivity index (χ3n) is 6.26. The van der Waals surface area contributed by atoms with Crippen molar-refractivity contribution >= 4 is 0 Å². The predicted octanol–water partition coefficient (Wildman–Crippen LogP) is 8.18. The minimum atomic E-state index is -0.942. The van der Waals surface area contributed by atoms with Crippen LogP contribution in [0.25, 0.3) is 11.1 Å². The predicted molar refractivity (Wildman–Crippen MR) is 123 cm³/mol. The van der Waals surface area contributed by atoms with Gasteiger partial charge in [0.15, 0.2) is 23.2 Å². The van der Waals surface area contributed by atoms with Crippen molar-refractivity contribution in [3.05, 3.63) is 53.3 Å². The Bertz CT molecular complexity index is 860. The molecule has 1 heterocycles. The van der Waals surface area contributed by atoms with Crippen molar-refractivity contribution in [3.63, 3.8) is 0 Å². The lowest BCUT2D eigenvalue weighted by molar-refractivity contribution is -0.00283. The SMILES string of the molecule is CCCCCCCC1CCC(c2ccc(-c3ccc(OCCC)c(F)c3)c(F)c2F)CO1. The molecule has 1 saturated heterocycles. The van der Waals surface area contributed by atoms with E-state index in [1.54, 1.807) is 12.1 Å². The molecule has 2 unspecified atom stereocenters. The van der Waals surface area contributed by atoms with Gasteiger partial charge in [-0.3, -0.25) is 0 Å². The highest BCUT2D eigenvalue weighted by Crippen LogP contribution is 2.36. The number of ether oxygens (including phenoxy) is 2. The van der Waals surface area contributed by atoms with E-state index in [9.17, 15) is 13.2 Å². The van der Waals surface area contributed by atoms with Gasteiger partial charge in [-0.15, -0.1) is 0 Å². The van der Waals surface area contributed by atoms with E-state index < -0.39 is 17.5 Å². The molecular formula is C27H35F3O2. The van der Waals surface area contributed by atoms with Crippen LogP contribution in [0.15, 0.2) is 30.3 Å². The molecule has 0 spiro atoms. The summed E-state index contributed by atoms with van der Waals surface area (Å²) in [6.07, 6.45) is 9.82. The summed E-state index contributed by atoms with van der Waals surface area (Å²) < 4.78 is 55.4. The minimum absolute atomic E-state index is 0.0499. The van der Waals surface area contributed by atoms with Crippen LogP contribution in [0.1, 0.15) is 83.1 Å². The second-order valence-corrected chi connectivity index (χ2v) is 8.76. The highest BCUT2D eigenvalue weighted by Gasteiger charge is 2.27. The van der Waals surface area contributed by atoms with Gasteiger partial charge < -0.3 is 9.47 Å². The summed E-state index contributed by atoms with van der Waals surface area (Å²) in [6, 6.07) is 7.36. The van der Waals surface area contributed by atoms with Crippen LogP contribution < -0.4 is 4.74 Å². The van der Waals surface area contributed by atoms with E-state index in [1.165, 1.54) is 43.9 Å². The van der Waals surface area contributed by atoms with Crippen LogP contribution in [-0.4, -0.2) is 19.3 Å². The fraction of sp³-hybridized carbons (Fsp3) is 0.556. The Morgan fingerprint density at radius 1 is 0.906 bits per heavy atom. The van der Waals surface area contributed by atoms with E-state index in [-0.39, 0.29) is 28.9 Å². The molecule has 2 aromatic rings. The van der Waals surface area contributed by atoms with Gasteiger partial charge in [-0.1, -0.05) is 64.2 Å². The summed E-state index contributed by atoms with van der Waals surface area (Å²) in [5, 5.41) is 0. The summed E-state index contributed by atoms with van der Waals surface area (Å²) >= 11 is 0. The quantitative estimate of drug-likeness (QED) is 0.323. The maximum Gasteiger partial charge on any atom is 0.166 e. The fourth-order valence-electron chi connectivity index (χ4n) is 4.35. The maximum atomic E-state index is 14.9. The molecule has 2 aromatic carbocycles. The Morgan fingerprint density at radius 2 is 1.72 bits per heavy atom. The number of hydrogen-bond donors (Lipinski definition) is 0. The fourth-order valence-corrected chi connectivity index (χ4v) is 4.35. The second-order valence-electron chi connectivity index (χ2n) is 8.76. The Labute approximate surface area is 190 Å². The van der Waals surface area contributed by atoms with Crippen molar-refractivity contribution in [3.8, 4) is 16.9 Å². The van der Waals surface area contributed by atoms with Gasteiger partial charge in [0.2, 0.25) is 0 Å². The lowest BCUT2D eigenvalue weighted by atomic mass is 9.88. The monoisotopic (exact) mass is 448 g/mol. The summed E-state index contributed by atoms with van der Waals surface area (Å²) in [7, 11) is 0.